The predicted octanol–water partition coefficient (Wildman–Crippen LogP) is 4.03. The maximum absolute atomic E-state index is 13.4. The Balaban J connectivity index is 1.75. The molecule has 0 saturated carbocycles. The third kappa shape index (κ3) is 6.54. The molecule has 9 heteroatoms. The van der Waals surface area contributed by atoms with Crippen molar-refractivity contribution in [2.75, 3.05) is 59.2 Å². The van der Waals surface area contributed by atoms with E-state index in [1.807, 2.05) is 26.8 Å². The summed E-state index contributed by atoms with van der Waals surface area (Å²) in [5.41, 5.74) is 1.15. The van der Waals surface area contributed by atoms with Gasteiger partial charge in [0, 0.05) is 31.7 Å². The fraction of sp³-hybridized carbons (Fsp3) is 0.467. The third-order valence-corrected chi connectivity index (χ3v) is 6.78. The monoisotopic (exact) mass is 538 g/mol. The zero-order valence-corrected chi connectivity index (χ0v) is 23.0. The Bertz CT molecular complexity index is 1170. The molecule has 2 fully saturated rings. The number of likely N-dealkylation sites (tertiary alicyclic amines) is 1. The molecule has 210 valence electrons. The Morgan fingerprint density at radius 1 is 0.923 bits per heavy atom. The average Bonchev–Trinajstić information content (AvgIpc) is 3.21. The molecule has 0 spiro atoms. The Hall–Kier alpha value is -3.56. The maximum atomic E-state index is 13.4. The molecule has 2 aliphatic heterocycles. The number of benzene rings is 2. The summed E-state index contributed by atoms with van der Waals surface area (Å²) >= 11 is 0. The molecule has 2 aromatic carbocycles. The van der Waals surface area contributed by atoms with Crippen LogP contribution >= 0.6 is 0 Å². The number of rotatable bonds is 12. The lowest BCUT2D eigenvalue weighted by Crippen LogP contribution is -2.42. The van der Waals surface area contributed by atoms with Gasteiger partial charge >= 0.3 is 0 Å². The minimum absolute atomic E-state index is 0.0517. The summed E-state index contributed by atoms with van der Waals surface area (Å²) in [5, 5.41) is 11.4. The molecule has 1 unspecified atom stereocenters. The van der Waals surface area contributed by atoms with Gasteiger partial charge < -0.3 is 29.0 Å². The number of carbonyl (C=O) groups excluding carboxylic acids is 2. The van der Waals surface area contributed by atoms with E-state index in [4.69, 9.17) is 18.9 Å². The Morgan fingerprint density at radius 3 is 2.31 bits per heavy atom. The summed E-state index contributed by atoms with van der Waals surface area (Å²) in [6, 6.07) is 11.5. The van der Waals surface area contributed by atoms with E-state index < -0.39 is 17.7 Å². The van der Waals surface area contributed by atoms with Crippen molar-refractivity contribution in [3.63, 3.8) is 0 Å². The van der Waals surface area contributed by atoms with Crippen LogP contribution in [0, 0.1) is 0 Å². The number of amides is 1. The second kappa shape index (κ2) is 13.5. The highest BCUT2D eigenvalue weighted by atomic mass is 16.5. The normalized spacial score (nSPS) is 19.4. The average molecular weight is 539 g/mol. The van der Waals surface area contributed by atoms with Crippen LogP contribution < -0.4 is 14.2 Å². The highest BCUT2D eigenvalue weighted by molar-refractivity contribution is 6.46. The van der Waals surface area contributed by atoms with E-state index in [1.54, 1.807) is 41.3 Å². The molecule has 2 saturated heterocycles. The predicted molar refractivity (Wildman–Crippen MR) is 147 cm³/mol. The lowest BCUT2D eigenvalue weighted by molar-refractivity contribution is -0.140. The summed E-state index contributed by atoms with van der Waals surface area (Å²) in [5.74, 6) is 0.213. The van der Waals surface area contributed by atoms with Gasteiger partial charge in [-0.2, -0.15) is 0 Å². The number of hydrogen-bond acceptors (Lipinski definition) is 8. The standard InChI is InChI=1S/C30H38N2O7/c1-4-17-39-24-12-9-22(20-25(24)38-6-3)27-26(28(33)21-7-10-23(11-8-21)37-5-2)29(34)30(35)32(27)14-13-31-15-18-36-19-16-31/h7-12,20,27,33H,4-6,13-19H2,1-3H3. The zero-order valence-electron chi connectivity index (χ0n) is 23.0. The number of nitrogens with zero attached hydrogens (tertiary/aromatic N) is 2. The van der Waals surface area contributed by atoms with Crippen molar-refractivity contribution < 1.29 is 33.6 Å². The van der Waals surface area contributed by atoms with E-state index in [1.165, 1.54) is 0 Å². The third-order valence-electron chi connectivity index (χ3n) is 6.78. The van der Waals surface area contributed by atoms with Crippen LogP contribution in [0.15, 0.2) is 48.0 Å². The first-order chi connectivity index (χ1) is 19.0. The maximum Gasteiger partial charge on any atom is 0.295 e. The zero-order chi connectivity index (χ0) is 27.8. The van der Waals surface area contributed by atoms with Crippen molar-refractivity contribution in [1.29, 1.82) is 0 Å². The molecule has 0 radical (unpaired) electrons. The smallest absolute Gasteiger partial charge is 0.295 e. The first-order valence-corrected chi connectivity index (χ1v) is 13.7. The summed E-state index contributed by atoms with van der Waals surface area (Å²) in [6.07, 6.45) is 0.844. The van der Waals surface area contributed by atoms with Gasteiger partial charge in [-0.25, -0.2) is 0 Å². The molecule has 2 aliphatic rings. The quantitative estimate of drug-likeness (QED) is 0.246. The second-order valence-electron chi connectivity index (χ2n) is 9.39. The number of aliphatic hydroxyl groups is 1. The highest BCUT2D eigenvalue weighted by Gasteiger charge is 2.46. The number of Topliss-reactive ketones (excluding diaryl/α,β-unsaturated/α-hetero) is 1. The molecular formula is C30H38N2O7. The molecule has 0 aliphatic carbocycles. The van der Waals surface area contributed by atoms with Gasteiger partial charge in [0.15, 0.2) is 11.5 Å². The number of ether oxygens (including phenoxy) is 4. The summed E-state index contributed by atoms with van der Waals surface area (Å²) in [7, 11) is 0. The van der Waals surface area contributed by atoms with Crippen molar-refractivity contribution in [3.8, 4) is 17.2 Å². The number of hydrogen-bond donors (Lipinski definition) is 1. The van der Waals surface area contributed by atoms with Gasteiger partial charge in [-0.05, 0) is 62.2 Å². The highest BCUT2D eigenvalue weighted by Crippen LogP contribution is 2.42. The Kier molecular flexibility index (Phi) is 9.84. The molecule has 0 bridgehead atoms. The van der Waals surface area contributed by atoms with Gasteiger partial charge in [0.05, 0.1) is 44.6 Å². The van der Waals surface area contributed by atoms with Crippen LogP contribution in [-0.4, -0.2) is 85.8 Å². The molecule has 2 heterocycles. The first-order valence-electron chi connectivity index (χ1n) is 13.7. The Labute approximate surface area is 229 Å². The van der Waals surface area contributed by atoms with Crippen LogP contribution in [0.25, 0.3) is 5.76 Å². The molecule has 1 amide bonds. The molecule has 9 nitrogen and oxygen atoms in total. The first kappa shape index (κ1) is 28.4. The van der Waals surface area contributed by atoms with Crippen LogP contribution in [-0.2, 0) is 14.3 Å². The number of ketones is 1. The topological polar surface area (TPSA) is 97.8 Å². The summed E-state index contributed by atoms with van der Waals surface area (Å²) in [4.78, 5) is 30.6. The molecule has 2 aromatic rings. The van der Waals surface area contributed by atoms with Gasteiger partial charge in [0.2, 0.25) is 0 Å². The lowest BCUT2D eigenvalue weighted by Gasteiger charge is -2.31. The number of morpholine rings is 1. The molecule has 0 aromatic heterocycles. The van der Waals surface area contributed by atoms with Gasteiger partial charge in [-0.1, -0.05) is 13.0 Å². The van der Waals surface area contributed by atoms with Crippen molar-refractivity contribution >= 4 is 17.4 Å². The van der Waals surface area contributed by atoms with E-state index in [-0.39, 0.29) is 11.3 Å². The molecule has 1 N–H and O–H groups in total. The number of aliphatic hydroxyl groups excluding tert-OH is 1. The molecule has 1 atom stereocenters. The fourth-order valence-electron chi connectivity index (χ4n) is 4.86. The van der Waals surface area contributed by atoms with E-state index >= 15 is 0 Å². The van der Waals surface area contributed by atoms with E-state index in [0.29, 0.717) is 74.5 Å². The van der Waals surface area contributed by atoms with Crippen molar-refractivity contribution in [2.45, 2.75) is 33.2 Å². The van der Waals surface area contributed by atoms with Crippen LogP contribution in [0.2, 0.25) is 0 Å². The van der Waals surface area contributed by atoms with Crippen LogP contribution in [0.3, 0.4) is 0 Å². The minimum atomic E-state index is -0.781. The largest absolute Gasteiger partial charge is 0.507 e. The molecule has 39 heavy (non-hydrogen) atoms. The van der Waals surface area contributed by atoms with Gasteiger partial charge in [0.1, 0.15) is 11.5 Å². The summed E-state index contributed by atoms with van der Waals surface area (Å²) in [6.45, 7) is 11.0. The number of carbonyl (C=O) groups is 2. The minimum Gasteiger partial charge on any atom is -0.507 e. The second-order valence-corrected chi connectivity index (χ2v) is 9.39. The molecule has 4 rings (SSSR count). The van der Waals surface area contributed by atoms with Crippen molar-refractivity contribution in [3.05, 3.63) is 59.2 Å². The van der Waals surface area contributed by atoms with Crippen molar-refractivity contribution in [1.82, 2.24) is 9.80 Å². The van der Waals surface area contributed by atoms with Gasteiger partial charge in [0.25, 0.3) is 11.7 Å². The summed E-state index contributed by atoms with van der Waals surface area (Å²) < 4.78 is 22.7. The lowest BCUT2D eigenvalue weighted by atomic mass is 9.95. The van der Waals surface area contributed by atoms with E-state index in [0.717, 1.165) is 19.5 Å². The van der Waals surface area contributed by atoms with Crippen molar-refractivity contribution in [2.24, 2.45) is 0 Å². The Morgan fingerprint density at radius 2 is 1.64 bits per heavy atom. The fourth-order valence-corrected chi connectivity index (χ4v) is 4.86. The van der Waals surface area contributed by atoms with Gasteiger partial charge in [-0.3, -0.25) is 14.5 Å². The van der Waals surface area contributed by atoms with Gasteiger partial charge in [-0.15, -0.1) is 0 Å². The van der Waals surface area contributed by atoms with E-state index in [9.17, 15) is 14.7 Å². The van der Waals surface area contributed by atoms with E-state index in [2.05, 4.69) is 4.90 Å². The van der Waals surface area contributed by atoms with Crippen LogP contribution in [0.5, 0.6) is 17.2 Å². The SMILES string of the molecule is CCCOc1ccc(C2C(=C(O)c3ccc(OCC)cc3)C(=O)C(=O)N2CCN2CCOCC2)cc1OCC. The molecular weight excluding hydrogens is 500 g/mol. The van der Waals surface area contributed by atoms with Crippen LogP contribution in [0.4, 0.5) is 0 Å². The van der Waals surface area contributed by atoms with Crippen LogP contribution in [0.1, 0.15) is 44.4 Å².